The molecule has 0 heterocycles. The summed E-state index contributed by atoms with van der Waals surface area (Å²) in [5, 5.41) is 2.61. The first-order valence-electron chi connectivity index (χ1n) is 7.77. The molecule has 0 aromatic heterocycles. The molecule has 0 radical (unpaired) electrons. The third-order valence-corrected chi connectivity index (χ3v) is 5.34. The van der Waals surface area contributed by atoms with Gasteiger partial charge in [0.05, 0.1) is 31.2 Å². The topological polar surface area (TPSA) is 92.8 Å². The highest BCUT2D eigenvalue weighted by Crippen LogP contribution is 2.25. The lowest BCUT2D eigenvalue weighted by Crippen LogP contribution is -2.43. The molecule has 7 nitrogen and oxygen atoms in total. The maximum atomic E-state index is 12.3. The number of anilines is 1. The van der Waals surface area contributed by atoms with Crippen LogP contribution in [0.1, 0.15) is 36.0 Å². The molecule has 1 aromatic rings. The van der Waals surface area contributed by atoms with Crippen LogP contribution in [0.5, 0.6) is 0 Å². The molecule has 24 heavy (non-hydrogen) atoms. The Bertz CT molecular complexity index is 711. The molecule has 0 aliphatic heterocycles. The quantitative estimate of drug-likeness (QED) is 0.784. The number of ether oxygens (including phenoxy) is 1. The Labute approximate surface area is 142 Å². The van der Waals surface area contributed by atoms with Gasteiger partial charge in [0.15, 0.2) is 0 Å². The molecule has 0 unspecified atom stereocenters. The molecule has 2 rings (SSSR count). The van der Waals surface area contributed by atoms with Crippen LogP contribution in [0, 0.1) is 0 Å². The van der Waals surface area contributed by atoms with Gasteiger partial charge in [0.1, 0.15) is 0 Å². The van der Waals surface area contributed by atoms with Crippen molar-refractivity contribution in [3.05, 3.63) is 29.8 Å². The fraction of sp³-hybridized carbons (Fsp3) is 0.500. The number of methoxy groups -OCH3 is 1. The second kappa shape index (κ2) is 7.76. The smallest absolute Gasteiger partial charge is 0.339 e. The van der Waals surface area contributed by atoms with Gasteiger partial charge in [-0.25, -0.2) is 13.2 Å². The van der Waals surface area contributed by atoms with Crippen molar-refractivity contribution in [2.45, 2.75) is 31.7 Å². The van der Waals surface area contributed by atoms with E-state index in [0.29, 0.717) is 5.69 Å². The zero-order valence-corrected chi connectivity index (χ0v) is 14.6. The number of amides is 1. The Balaban J connectivity index is 2.13. The van der Waals surface area contributed by atoms with E-state index in [1.165, 1.54) is 17.5 Å². The minimum Gasteiger partial charge on any atom is -0.465 e. The summed E-state index contributed by atoms with van der Waals surface area (Å²) in [4.78, 5) is 24.0. The lowest BCUT2D eigenvalue weighted by Gasteiger charge is -2.25. The van der Waals surface area contributed by atoms with Crippen LogP contribution in [-0.2, 0) is 19.6 Å². The van der Waals surface area contributed by atoms with Gasteiger partial charge >= 0.3 is 5.97 Å². The lowest BCUT2D eigenvalue weighted by molar-refractivity contribution is -0.116. The first kappa shape index (κ1) is 18.4. The number of esters is 1. The number of carbonyl (C=O) groups is 2. The molecule has 0 saturated heterocycles. The number of para-hydroxylation sites is 1. The van der Waals surface area contributed by atoms with Crippen molar-refractivity contribution in [2.75, 3.05) is 25.2 Å². The number of sulfonamides is 1. The molecule has 1 aliphatic carbocycles. The fourth-order valence-electron chi connectivity index (χ4n) is 2.92. The standard InChI is InChI=1S/C16H22N2O5S/c1-23-16(20)13-9-5-6-10-14(13)17-15(19)11-18(24(2,21)22)12-7-3-4-8-12/h5-6,9-10,12H,3-4,7-8,11H2,1-2H3,(H,17,19). The maximum Gasteiger partial charge on any atom is 0.339 e. The van der Waals surface area contributed by atoms with Gasteiger partial charge in [0.25, 0.3) is 0 Å². The average molecular weight is 354 g/mol. The van der Waals surface area contributed by atoms with Crippen LogP contribution >= 0.6 is 0 Å². The van der Waals surface area contributed by atoms with Crippen molar-refractivity contribution in [1.29, 1.82) is 0 Å². The average Bonchev–Trinajstić information content (AvgIpc) is 3.05. The Hall–Kier alpha value is -1.93. The second-order valence-corrected chi connectivity index (χ2v) is 7.77. The van der Waals surface area contributed by atoms with E-state index in [0.717, 1.165) is 31.9 Å². The third-order valence-electron chi connectivity index (χ3n) is 4.06. The Morgan fingerprint density at radius 2 is 1.88 bits per heavy atom. The van der Waals surface area contributed by atoms with Crippen molar-refractivity contribution in [2.24, 2.45) is 0 Å². The number of hydrogen-bond acceptors (Lipinski definition) is 5. The summed E-state index contributed by atoms with van der Waals surface area (Å²) in [6, 6.07) is 6.30. The van der Waals surface area contributed by atoms with Crippen molar-refractivity contribution in [1.82, 2.24) is 4.31 Å². The van der Waals surface area contributed by atoms with Gasteiger partial charge in [-0.1, -0.05) is 25.0 Å². The highest BCUT2D eigenvalue weighted by atomic mass is 32.2. The number of nitrogens with one attached hydrogen (secondary N) is 1. The summed E-state index contributed by atoms with van der Waals surface area (Å²) in [6.45, 7) is -0.265. The second-order valence-electron chi connectivity index (χ2n) is 5.83. The summed E-state index contributed by atoms with van der Waals surface area (Å²) in [5.74, 6) is -1.05. The largest absolute Gasteiger partial charge is 0.465 e. The summed E-state index contributed by atoms with van der Waals surface area (Å²) < 4.78 is 29.9. The van der Waals surface area contributed by atoms with E-state index in [1.807, 2.05) is 0 Å². The number of hydrogen-bond donors (Lipinski definition) is 1. The maximum absolute atomic E-state index is 12.3. The van der Waals surface area contributed by atoms with E-state index in [2.05, 4.69) is 10.1 Å². The molecule has 1 aromatic carbocycles. The van der Waals surface area contributed by atoms with E-state index >= 15 is 0 Å². The normalized spacial score (nSPS) is 15.5. The van der Waals surface area contributed by atoms with Crippen LogP contribution in [0.2, 0.25) is 0 Å². The van der Waals surface area contributed by atoms with E-state index < -0.39 is 21.9 Å². The molecule has 1 saturated carbocycles. The number of nitrogens with zero attached hydrogens (tertiary/aromatic N) is 1. The van der Waals surface area contributed by atoms with Crippen LogP contribution in [0.4, 0.5) is 5.69 Å². The molecule has 1 aliphatic rings. The Morgan fingerprint density at radius 1 is 1.25 bits per heavy atom. The van der Waals surface area contributed by atoms with Gasteiger partial charge in [-0.05, 0) is 25.0 Å². The van der Waals surface area contributed by atoms with E-state index in [1.54, 1.807) is 18.2 Å². The molecular formula is C16H22N2O5S. The zero-order valence-electron chi connectivity index (χ0n) is 13.8. The lowest BCUT2D eigenvalue weighted by atomic mass is 10.2. The molecule has 0 spiro atoms. The van der Waals surface area contributed by atoms with E-state index in [4.69, 9.17) is 0 Å². The van der Waals surface area contributed by atoms with Gasteiger partial charge < -0.3 is 10.1 Å². The highest BCUT2D eigenvalue weighted by Gasteiger charge is 2.31. The van der Waals surface area contributed by atoms with E-state index in [9.17, 15) is 18.0 Å². The molecule has 0 bridgehead atoms. The number of rotatable bonds is 6. The molecule has 8 heteroatoms. The van der Waals surface area contributed by atoms with Crippen molar-refractivity contribution in [3.63, 3.8) is 0 Å². The molecule has 1 amide bonds. The molecule has 0 atom stereocenters. The van der Waals surface area contributed by atoms with Gasteiger partial charge in [-0.15, -0.1) is 0 Å². The predicted molar refractivity (Wildman–Crippen MR) is 90.2 cm³/mol. The van der Waals surface area contributed by atoms with Crippen LogP contribution in [-0.4, -0.2) is 50.6 Å². The molecule has 1 N–H and O–H groups in total. The SMILES string of the molecule is COC(=O)c1ccccc1NC(=O)CN(C1CCCC1)S(C)(=O)=O. The number of benzene rings is 1. The molecule has 1 fully saturated rings. The summed E-state index contributed by atoms with van der Waals surface area (Å²) in [6.07, 6.45) is 4.56. The van der Waals surface area contributed by atoms with Crippen LogP contribution in [0.3, 0.4) is 0 Å². The fourth-order valence-corrected chi connectivity index (χ4v) is 4.02. The molecule has 132 valence electrons. The Kier molecular flexibility index (Phi) is 5.95. The number of carbonyl (C=O) groups excluding carboxylic acids is 2. The van der Waals surface area contributed by atoms with Crippen molar-refractivity contribution < 1.29 is 22.7 Å². The zero-order chi connectivity index (χ0) is 17.7. The summed E-state index contributed by atoms with van der Waals surface area (Å²) >= 11 is 0. The van der Waals surface area contributed by atoms with Crippen LogP contribution in [0.25, 0.3) is 0 Å². The third kappa shape index (κ3) is 4.55. The van der Waals surface area contributed by atoms with Crippen molar-refractivity contribution >= 4 is 27.6 Å². The summed E-state index contributed by atoms with van der Waals surface area (Å²) in [7, 11) is -2.23. The van der Waals surface area contributed by atoms with Crippen molar-refractivity contribution in [3.8, 4) is 0 Å². The van der Waals surface area contributed by atoms with Crippen LogP contribution in [0.15, 0.2) is 24.3 Å². The summed E-state index contributed by atoms with van der Waals surface area (Å²) in [5.41, 5.74) is 0.523. The minimum absolute atomic E-state index is 0.137. The van der Waals surface area contributed by atoms with Gasteiger partial charge in [-0.2, -0.15) is 4.31 Å². The minimum atomic E-state index is -3.49. The van der Waals surface area contributed by atoms with E-state index in [-0.39, 0.29) is 18.2 Å². The predicted octanol–water partition coefficient (Wildman–Crippen LogP) is 1.62. The van der Waals surface area contributed by atoms with Crippen LogP contribution < -0.4 is 5.32 Å². The highest BCUT2D eigenvalue weighted by molar-refractivity contribution is 7.88. The Morgan fingerprint density at radius 3 is 2.46 bits per heavy atom. The van der Waals surface area contributed by atoms with Gasteiger partial charge in [0.2, 0.25) is 15.9 Å². The van der Waals surface area contributed by atoms with Gasteiger partial charge in [0, 0.05) is 6.04 Å². The first-order valence-corrected chi connectivity index (χ1v) is 9.61. The monoisotopic (exact) mass is 354 g/mol. The van der Waals surface area contributed by atoms with Gasteiger partial charge in [-0.3, -0.25) is 4.79 Å². The first-order chi connectivity index (χ1) is 11.3. The molecular weight excluding hydrogens is 332 g/mol.